The van der Waals surface area contributed by atoms with Gasteiger partial charge in [-0.25, -0.2) is 4.39 Å². The van der Waals surface area contributed by atoms with Crippen molar-refractivity contribution in [1.29, 1.82) is 0 Å². The third-order valence-corrected chi connectivity index (χ3v) is 1.52. The molecule has 0 aliphatic heterocycles. The summed E-state index contributed by atoms with van der Waals surface area (Å²) < 4.78 is 13.0. The van der Waals surface area contributed by atoms with Gasteiger partial charge in [-0.1, -0.05) is 17.3 Å². The normalized spacial score (nSPS) is 10.7. The van der Waals surface area contributed by atoms with Gasteiger partial charge in [-0.15, -0.1) is 0 Å². The molecular formula is C7H7BFNO3. The maximum absolute atomic E-state index is 13.0. The summed E-state index contributed by atoms with van der Waals surface area (Å²) in [5.74, 6) is -0.677. The Morgan fingerprint density at radius 3 is 2.54 bits per heavy atom. The van der Waals surface area contributed by atoms with Crippen molar-refractivity contribution >= 4 is 18.8 Å². The predicted octanol–water partition coefficient (Wildman–Crippen LogP) is -0.686. The largest absolute Gasteiger partial charge is 0.488 e. The van der Waals surface area contributed by atoms with Gasteiger partial charge in [-0.3, -0.25) is 0 Å². The molecule has 0 bridgehead atoms. The molecule has 13 heavy (non-hydrogen) atoms. The van der Waals surface area contributed by atoms with Crippen LogP contribution < -0.4 is 5.46 Å². The molecule has 0 spiro atoms. The molecule has 3 N–H and O–H groups in total. The van der Waals surface area contributed by atoms with Gasteiger partial charge in [0.25, 0.3) is 0 Å². The first kappa shape index (κ1) is 9.69. The Bertz CT molecular complexity index is 330. The second-order valence-corrected chi connectivity index (χ2v) is 2.40. The van der Waals surface area contributed by atoms with Gasteiger partial charge >= 0.3 is 7.12 Å². The van der Waals surface area contributed by atoms with E-state index in [-0.39, 0.29) is 11.0 Å². The number of halogens is 1. The number of hydrogen-bond acceptors (Lipinski definition) is 4. The highest BCUT2D eigenvalue weighted by atomic mass is 19.1. The fourth-order valence-electron chi connectivity index (χ4n) is 0.871. The zero-order valence-corrected chi connectivity index (χ0v) is 6.55. The topological polar surface area (TPSA) is 73.1 Å². The fourth-order valence-corrected chi connectivity index (χ4v) is 0.871. The van der Waals surface area contributed by atoms with E-state index in [0.29, 0.717) is 0 Å². The molecule has 0 aliphatic rings. The first-order valence-corrected chi connectivity index (χ1v) is 3.48. The van der Waals surface area contributed by atoms with Crippen LogP contribution in [0.25, 0.3) is 0 Å². The van der Waals surface area contributed by atoms with Crippen LogP contribution in [0, 0.1) is 5.82 Å². The first-order valence-electron chi connectivity index (χ1n) is 3.48. The summed E-state index contributed by atoms with van der Waals surface area (Å²) >= 11 is 0. The Kier molecular flexibility index (Phi) is 3.00. The Labute approximate surface area is 74.1 Å². The fraction of sp³-hybridized carbons (Fsp3) is 0. The van der Waals surface area contributed by atoms with Crippen LogP contribution in [0.2, 0.25) is 0 Å². The highest BCUT2D eigenvalue weighted by Gasteiger charge is 2.12. The number of hydrogen-bond donors (Lipinski definition) is 3. The molecule has 1 rings (SSSR count). The second-order valence-electron chi connectivity index (χ2n) is 2.40. The molecule has 0 unspecified atom stereocenters. The standard InChI is InChI=1S/C7H7BFNO3/c9-7-3-6(8(11)12)2-1-5(7)4-10-13/h1-4,11-13H. The van der Waals surface area contributed by atoms with E-state index in [2.05, 4.69) is 5.16 Å². The summed E-state index contributed by atoms with van der Waals surface area (Å²) in [4.78, 5) is 0. The van der Waals surface area contributed by atoms with Gasteiger partial charge in [0.1, 0.15) is 5.82 Å². The van der Waals surface area contributed by atoms with Gasteiger partial charge in [-0.05, 0) is 11.5 Å². The summed E-state index contributed by atoms with van der Waals surface area (Å²) in [7, 11) is -1.70. The second kappa shape index (κ2) is 4.02. The maximum atomic E-state index is 13.0. The third kappa shape index (κ3) is 2.27. The van der Waals surface area contributed by atoms with Gasteiger partial charge in [0.2, 0.25) is 0 Å². The van der Waals surface area contributed by atoms with E-state index in [9.17, 15) is 4.39 Å². The summed E-state index contributed by atoms with van der Waals surface area (Å²) in [6, 6.07) is 3.57. The van der Waals surface area contributed by atoms with Gasteiger partial charge in [0, 0.05) is 5.56 Å². The van der Waals surface area contributed by atoms with E-state index in [4.69, 9.17) is 15.3 Å². The zero-order valence-electron chi connectivity index (χ0n) is 6.55. The van der Waals surface area contributed by atoms with Crippen LogP contribution in [0.5, 0.6) is 0 Å². The quantitative estimate of drug-likeness (QED) is 0.246. The SMILES string of the molecule is ON=Cc1ccc(B(O)O)cc1F. The summed E-state index contributed by atoms with van der Waals surface area (Å²) in [5.41, 5.74) is 0.125. The highest BCUT2D eigenvalue weighted by molar-refractivity contribution is 6.58. The highest BCUT2D eigenvalue weighted by Crippen LogP contribution is 2.01. The van der Waals surface area contributed by atoms with Crippen LogP contribution in [0.1, 0.15) is 5.56 Å². The molecule has 1 aromatic rings. The van der Waals surface area contributed by atoms with E-state index >= 15 is 0 Å². The van der Waals surface area contributed by atoms with Gasteiger partial charge in [-0.2, -0.15) is 0 Å². The van der Waals surface area contributed by atoms with Crippen LogP contribution in [-0.2, 0) is 0 Å². The first-order chi connectivity index (χ1) is 6.15. The van der Waals surface area contributed by atoms with Crippen molar-refractivity contribution in [3.8, 4) is 0 Å². The summed E-state index contributed by atoms with van der Waals surface area (Å²) in [6.45, 7) is 0. The van der Waals surface area contributed by atoms with E-state index < -0.39 is 12.9 Å². The van der Waals surface area contributed by atoms with Crippen molar-refractivity contribution < 1.29 is 19.6 Å². The van der Waals surface area contributed by atoms with Crippen molar-refractivity contribution in [2.45, 2.75) is 0 Å². The third-order valence-electron chi connectivity index (χ3n) is 1.52. The van der Waals surface area contributed by atoms with Crippen molar-refractivity contribution in [1.82, 2.24) is 0 Å². The lowest BCUT2D eigenvalue weighted by molar-refractivity contribution is 0.321. The Morgan fingerprint density at radius 2 is 2.08 bits per heavy atom. The average Bonchev–Trinajstić information content (AvgIpc) is 2.08. The summed E-state index contributed by atoms with van der Waals surface area (Å²) in [5, 5.41) is 28.1. The molecule has 0 amide bonds. The molecule has 4 nitrogen and oxygen atoms in total. The van der Waals surface area contributed by atoms with Crippen LogP contribution in [0.3, 0.4) is 0 Å². The minimum absolute atomic E-state index is 0.0487. The van der Waals surface area contributed by atoms with Crippen molar-refractivity contribution in [2.75, 3.05) is 0 Å². The molecule has 0 atom stereocenters. The predicted molar refractivity (Wildman–Crippen MR) is 45.6 cm³/mol. The Hall–Kier alpha value is -1.40. The molecule has 0 saturated carbocycles. The van der Waals surface area contributed by atoms with Crippen molar-refractivity contribution in [3.05, 3.63) is 29.6 Å². The molecule has 0 aromatic heterocycles. The molecule has 0 saturated heterocycles. The lowest BCUT2D eigenvalue weighted by atomic mass is 9.80. The zero-order chi connectivity index (χ0) is 9.84. The molecule has 0 fully saturated rings. The Balaban J connectivity index is 3.05. The minimum atomic E-state index is -1.70. The van der Waals surface area contributed by atoms with E-state index in [0.717, 1.165) is 12.3 Å². The molecular weight excluding hydrogens is 176 g/mol. The van der Waals surface area contributed by atoms with Crippen LogP contribution in [-0.4, -0.2) is 28.6 Å². The maximum Gasteiger partial charge on any atom is 0.488 e. The monoisotopic (exact) mass is 183 g/mol. The molecule has 68 valence electrons. The Morgan fingerprint density at radius 1 is 1.38 bits per heavy atom. The lowest BCUT2D eigenvalue weighted by Crippen LogP contribution is -2.30. The molecule has 0 aliphatic carbocycles. The van der Waals surface area contributed by atoms with Crippen LogP contribution in [0.15, 0.2) is 23.4 Å². The number of oxime groups is 1. The molecule has 6 heteroatoms. The number of benzene rings is 1. The van der Waals surface area contributed by atoms with Crippen LogP contribution >= 0.6 is 0 Å². The number of nitrogens with zero attached hydrogens (tertiary/aromatic N) is 1. The van der Waals surface area contributed by atoms with E-state index in [1.54, 1.807) is 0 Å². The molecule has 1 aromatic carbocycles. The van der Waals surface area contributed by atoms with E-state index in [1.165, 1.54) is 12.1 Å². The van der Waals surface area contributed by atoms with Crippen LogP contribution in [0.4, 0.5) is 4.39 Å². The lowest BCUT2D eigenvalue weighted by Gasteiger charge is -2.00. The summed E-state index contributed by atoms with van der Waals surface area (Å²) in [6.07, 6.45) is 0.920. The molecule has 0 radical (unpaired) electrons. The number of rotatable bonds is 2. The average molecular weight is 183 g/mol. The van der Waals surface area contributed by atoms with Gasteiger partial charge in [0.05, 0.1) is 6.21 Å². The molecule has 0 heterocycles. The minimum Gasteiger partial charge on any atom is -0.423 e. The smallest absolute Gasteiger partial charge is 0.423 e. The van der Waals surface area contributed by atoms with Gasteiger partial charge < -0.3 is 15.3 Å². The van der Waals surface area contributed by atoms with Gasteiger partial charge in [0.15, 0.2) is 0 Å². The van der Waals surface area contributed by atoms with Crippen molar-refractivity contribution in [3.63, 3.8) is 0 Å². The van der Waals surface area contributed by atoms with E-state index in [1.807, 2.05) is 0 Å². The van der Waals surface area contributed by atoms with Crippen molar-refractivity contribution in [2.24, 2.45) is 5.16 Å².